The van der Waals surface area contributed by atoms with E-state index in [0.29, 0.717) is 16.8 Å². The van der Waals surface area contributed by atoms with Gasteiger partial charge in [-0.05, 0) is 49.7 Å². The highest BCUT2D eigenvalue weighted by Gasteiger charge is 2.11. The Morgan fingerprint density at radius 2 is 1.85 bits per heavy atom. The molecule has 0 saturated heterocycles. The van der Waals surface area contributed by atoms with Gasteiger partial charge in [0.05, 0.1) is 5.56 Å². The molecular weight excluding hydrogens is 255 g/mol. The summed E-state index contributed by atoms with van der Waals surface area (Å²) in [6.45, 7) is 3.59. The Morgan fingerprint density at radius 3 is 2.50 bits per heavy atom. The number of amides is 1. The first kappa shape index (κ1) is 14.1. The van der Waals surface area contributed by atoms with Crippen molar-refractivity contribution in [1.29, 1.82) is 0 Å². The van der Waals surface area contributed by atoms with Crippen molar-refractivity contribution in [1.82, 2.24) is 0 Å². The molecule has 0 bridgehead atoms. The lowest BCUT2D eigenvalue weighted by molar-refractivity contribution is 0.102. The van der Waals surface area contributed by atoms with E-state index in [1.807, 2.05) is 25.1 Å². The molecule has 0 aliphatic heterocycles. The Hall–Kier alpha value is -2.36. The van der Waals surface area contributed by atoms with Crippen LogP contribution in [0.4, 0.5) is 15.8 Å². The molecule has 0 saturated carbocycles. The second kappa shape index (κ2) is 5.74. The van der Waals surface area contributed by atoms with Gasteiger partial charge in [0.1, 0.15) is 5.82 Å². The summed E-state index contributed by atoms with van der Waals surface area (Å²) in [5.41, 5.74) is 3.41. The van der Waals surface area contributed by atoms with Crippen molar-refractivity contribution in [2.75, 3.05) is 17.7 Å². The van der Waals surface area contributed by atoms with Crippen LogP contribution >= 0.6 is 0 Å². The van der Waals surface area contributed by atoms with Gasteiger partial charge in [-0.3, -0.25) is 4.79 Å². The zero-order chi connectivity index (χ0) is 14.7. The number of anilines is 2. The normalized spacial score (nSPS) is 10.2. The van der Waals surface area contributed by atoms with E-state index >= 15 is 0 Å². The lowest BCUT2D eigenvalue weighted by Gasteiger charge is -2.11. The third kappa shape index (κ3) is 2.96. The van der Waals surface area contributed by atoms with E-state index in [9.17, 15) is 9.18 Å². The summed E-state index contributed by atoms with van der Waals surface area (Å²) in [7, 11) is 1.77. The molecule has 2 rings (SSSR count). The van der Waals surface area contributed by atoms with Crippen LogP contribution in [-0.2, 0) is 0 Å². The van der Waals surface area contributed by atoms with E-state index < -0.39 is 0 Å². The maximum atomic E-state index is 13.2. The molecule has 0 aliphatic carbocycles. The van der Waals surface area contributed by atoms with Crippen molar-refractivity contribution in [2.45, 2.75) is 13.8 Å². The molecule has 20 heavy (non-hydrogen) atoms. The molecular formula is C16H17FN2O. The molecule has 0 fully saturated rings. The van der Waals surface area contributed by atoms with E-state index in [0.717, 1.165) is 11.3 Å². The number of carbonyl (C=O) groups excluding carboxylic acids is 1. The minimum Gasteiger partial charge on any atom is -0.387 e. The van der Waals surface area contributed by atoms with Crippen LogP contribution in [0.1, 0.15) is 21.5 Å². The first-order valence-corrected chi connectivity index (χ1v) is 6.37. The summed E-state index contributed by atoms with van der Waals surface area (Å²) in [6, 6.07) is 10.1. The van der Waals surface area contributed by atoms with Gasteiger partial charge in [-0.25, -0.2) is 4.39 Å². The van der Waals surface area contributed by atoms with Crippen molar-refractivity contribution >= 4 is 17.3 Å². The van der Waals surface area contributed by atoms with Crippen molar-refractivity contribution in [3.63, 3.8) is 0 Å². The topological polar surface area (TPSA) is 41.1 Å². The van der Waals surface area contributed by atoms with Gasteiger partial charge in [0.15, 0.2) is 0 Å². The van der Waals surface area contributed by atoms with Gasteiger partial charge in [-0.1, -0.05) is 11.6 Å². The number of aryl methyl sites for hydroxylation is 2. The van der Waals surface area contributed by atoms with E-state index in [1.165, 1.54) is 6.07 Å². The minimum atomic E-state index is -0.283. The fraction of sp³-hybridized carbons (Fsp3) is 0.188. The maximum Gasteiger partial charge on any atom is 0.257 e. The lowest BCUT2D eigenvalue weighted by atomic mass is 10.1. The number of carbonyl (C=O) groups is 1. The highest BCUT2D eigenvalue weighted by Crippen LogP contribution is 2.20. The predicted octanol–water partition coefficient (Wildman–Crippen LogP) is 3.74. The summed E-state index contributed by atoms with van der Waals surface area (Å²) in [5, 5.41) is 5.77. The average molecular weight is 272 g/mol. The van der Waals surface area contributed by atoms with Crippen LogP contribution in [0.2, 0.25) is 0 Å². The second-order valence-electron chi connectivity index (χ2n) is 4.72. The van der Waals surface area contributed by atoms with E-state index in [4.69, 9.17) is 0 Å². The Labute approximate surface area is 117 Å². The molecule has 4 heteroatoms. The molecule has 0 heterocycles. The fourth-order valence-electron chi connectivity index (χ4n) is 1.98. The third-order valence-electron chi connectivity index (χ3n) is 3.10. The van der Waals surface area contributed by atoms with Gasteiger partial charge in [-0.15, -0.1) is 0 Å². The van der Waals surface area contributed by atoms with Gasteiger partial charge in [0.25, 0.3) is 5.91 Å². The van der Waals surface area contributed by atoms with Crippen molar-refractivity contribution < 1.29 is 9.18 Å². The summed E-state index contributed by atoms with van der Waals surface area (Å²) in [6.07, 6.45) is 0. The smallest absolute Gasteiger partial charge is 0.257 e. The number of benzene rings is 2. The number of nitrogens with one attached hydrogen (secondary N) is 2. The van der Waals surface area contributed by atoms with Gasteiger partial charge >= 0.3 is 0 Å². The standard InChI is InChI=1S/C16H17FN2O/c1-10-4-7-15(18-3)13(8-10)16(20)19-12-5-6-14(17)11(2)9-12/h4-9,18H,1-3H3,(H,19,20). The molecule has 0 aliphatic rings. The zero-order valence-electron chi connectivity index (χ0n) is 11.8. The molecule has 2 aromatic carbocycles. The third-order valence-corrected chi connectivity index (χ3v) is 3.10. The molecule has 0 spiro atoms. The summed E-state index contributed by atoms with van der Waals surface area (Å²) >= 11 is 0. The number of rotatable bonds is 3. The molecule has 2 N–H and O–H groups in total. The van der Waals surface area contributed by atoms with Crippen LogP contribution in [-0.4, -0.2) is 13.0 Å². The van der Waals surface area contributed by atoms with Crippen molar-refractivity contribution in [3.8, 4) is 0 Å². The van der Waals surface area contributed by atoms with Crippen molar-refractivity contribution in [3.05, 3.63) is 58.9 Å². The molecule has 3 nitrogen and oxygen atoms in total. The Bertz CT molecular complexity index is 653. The minimum absolute atomic E-state index is 0.218. The van der Waals surface area contributed by atoms with Crippen LogP contribution in [0.15, 0.2) is 36.4 Å². The van der Waals surface area contributed by atoms with Crippen LogP contribution in [0.3, 0.4) is 0 Å². The lowest BCUT2D eigenvalue weighted by Crippen LogP contribution is -2.14. The first-order chi connectivity index (χ1) is 9.51. The van der Waals surface area contributed by atoms with E-state index in [-0.39, 0.29) is 11.7 Å². The van der Waals surface area contributed by atoms with Gasteiger partial charge in [0.2, 0.25) is 0 Å². The monoisotopic (exact) mass is 272 g/mol. The number of hydrogen-bond acceptors (Lipinski definition) is 2. The first-order valence-electron chi connectivity index (χ1n) is 6.37. The van der Waals surface area contributed by atoms with Gasteiger partial charge in [0, 0.05) is 18.4 Å². The second-order valence-corrected chi connectivity index (χ2v) is 4.72. The number of hydrogen-bond donors (Lipinski definition) is 2. The quantitative estimate of drug-likeness (QED) is 0.893. The van der Waals surface area contributed by atoms with Gasteiger partial charge in [-0.2, -0.15) is 0 Å². The largest absolute Gasteiger partial charge is 0.387 e. The molecule has 1 amide bonds. The summed E-state index contributed by atoms with van der Waals surface area (Å²) in [4.78, 5) is 12.3. The van der Waals surface area contributed by atoms with Crippen LogP contribution < -0.4 is 10.6 Å². The summed E-state index contributed by atoms with van der Waals surface area (Å²) < 4.78 is 13.2. The molecule has 0 unspecified atom stereocenters. The maximum absolute atomic E-state index is 13.2. The van der Waals surface area contributed by atoms with E-state index in [2.05, 4.69) is 10.6 Å². The molecule has 0 radical (unpaired) electrons. The Balaban J connectivity index is 2.27. The van der Waals surface area contributed by atoms with Crippen LogP contribution in [0.5, 0.6) is 0 Å². The molecule has 104 valence electrons. The Morgan fingerprint density at radius 1 is 1.10 bits per heavy atom. The molecule has 2 aromatic rings. The number of halogens is 1. The van der Waals surface area contributed by atoms with Crippen LogP contribution in [0, 0.1) is 19.7 Å². The fourth-order valence-corrected chi connectivity index (χ4v) is 1.98. The van der Waals surface area contributed by atoms with Crippen LogP contribution in [0.25, 0.3) is 0 Å². The predicted molar refractivity (Wildman–Crippen MR) is 79.8 cm³/mol. The molecule has 0 aromatic heterocycles. The Kier molecular flexibility index (Phi) is 4.03. The SMILES string of the molecule is CNc1ccc(C)cc1C(=O)Nc1ccc(F)c(C)c1. The summed E-state index contributed by atoms with van der Waals surface area (Å²) in [5.74, 6) is -0.501. The van der Waals surface area contributed by atoms with Crippen molar-refractivity contribution in [2.24, 2.45) is 0 Å². The average Bonchev–Trinajstić information content (AvgIpc) is 2.43. The highest BCUT2D eigenvalue weighted by molar-refractivity contribution is 6.08. The molecule has 0 atom stereocenters. The van der Waals surface area contributed by atoms with Gasteiger partial charge < -0.3 is 10.6 Å². The van der Waals surface area contributed by atoms with E-state index in [1.54, 1.807) is 26.1 Å². The highest BCUT2D eigenvalue weighted by atomic mass is 19.1. The zero-order valence-corrected chi connectivity index (χ0v) is 11.8.